The molecule has 0 aromatic carbocycles. The fourth-order valence-corrected chi connectivity index (χ4v) is 1.95. The Morgan fingerprint density at radius 3 is 2.62 bits per heavy atom. The zero-order valence-corrected chi connectivity index (χ0v) is 7.69. The molecule has 0 amide bonds. The van der Waals surface area contributed by atoms with E-state index in [0.29, 0.717) is 12.0 Å². The Morgan fingerprint density at radius 2 is 2.00 bits per heavy atom. The standard InChI is InChI=1S/C10H15N3/c11-9-5-3-8(4-6-9)10-2-1-7-12-13-10/h1-2,7-9H,3-6,11H2. The second-order valence-corrected chi connectivity index (χ2v) is 3.76. The summed E-state index contributed by atoms with van der Waals surface area (Å²) in [6, 6.07) is 4.43. The first-order valence-corrected chi connectivity index (χ1v) is 4.89. The number of rotatable bonds is 1. The largest absolute Gasteiger partial charge is 0.328 e. The van der Waals surface area contributed by atoms with Crippen molar-refractivity contribution in [3.8, 4) is 0 Å². The molecule has 1 saturated carbocycles. The van der Waals surface area contributed by atoms with Crippen LogP contribution in [-0.2, 0) is 0 Å². The molecule has 2 N–H and O–H groups in total. The SMILES string of the molecule is NC1CCC(c2cccnn2)CC1. The lowest BCUT2D eigenvalue weighted by atomic mass is 9.84. The lowest BCUT2D eigenvalue weighted by molar-refractivity contribution is 0.388. The van der Waals surface area contributed by atoms with Crippen LogP contribution in [0.3, 0.4) is 0 Å². The Labute approximate surface area is 78.4 Å². The van der Waals surface area contributed by atoms with Gasteiger partial charge >= 0.3 is 0 Å². The van der Waals surface area contributed by atoms with Crippen molar-refractivity contribution >= 4 is 0 Å². The molecule has 1 aliphatic rings. The lowest BCUT2D eigenvalue weighted by Crippen LogP contribution is -2.26. The quantitative estimate of drug-likeness (QED) is 0.706. The third-order valence-electron chi connectivity index (χ3n) is 2.78. The highest BCUT2D eigenvalue weighted by molar-refractivity contribution is 5.07. The third-order valence-corrected chi connectivity index (χ3v) is 2.78. The van der Waals surface area contributed by atoms with E-state index in [2.05, 4.69) is 16.3 Å². The Kier molecular flexibility index (Phi) is 2.54. The van der Waals surface area contributed by atoms with Crippen LogP contribution >= 0.6 is 0 Å². The summed E-state index contributed by atoms with van der Waals surface area (Å²) < 4.78 is 0. The van der Waals surface area contributed by atoms with Crippen LogP contribution in [0.25, 0.3) is 0 Å². The topological polar surface area (TPSA) is 51.8 Å². The van der Waals surface area contributed by atoms with Gasteiger partial charge in [-0.15, -0.1) is 0 Å². The molecule has 1 fully saturated rings. The molecule has 2 rings (SSSR count). The summed E-state index contributed by atoms with van der Waals surface area (Å²) in [6.45, 7) is 0. The van der Waals surface area contributed by atoms with Gasteiger partial charge in [0, 0.05) is 18.2 Å². The van der Waals surface area contributed by atoms with Crippen molar-refractivity contribution in [2.24, 2.45) is 5.73 Å². The van der Waals surface area contributed by atoms with Crippen molar-refractivity contribution in [2.45, 2.75) is 37.6 Å². The molecule has 1 aliphatic carbocycles. The highest BCUT2D eigenvalue weighted by Crippen LogP contribution is 2.30. The second-order valence-electron chi connectivity index (χ2n) is 3.76. The number of nitrogens with two attached hydrogens (primary N) is 1. The van der Waals surface area contributed by atoms with Crippen molar-refractivity contribution in [2.75, 3.05) is 0 Å². The molecular weight excluding hydrogens is 162 g/mol. The summed E-state index contributed by atoms with van der Waals surface area (Å²) in [5.74, 6) is 0.591. The maximum Gasteiger partial charge on any atom is 0.0662 e. The first-order chi connectivity index (χ1) is 6.36. The Bertz CT molecular complexity index is 252. The van der Waals surface area contributed by atoms with E-state index in [1.165, 1.54) is 12.8 Å². The average molecular weight is 177 g/mol. The van der Waals surface area contributed by atoms with Crippen molar-refractivity contribution < 1.29 is 0 Å². The predicted octanol–water partition coefficient (Wildman–Crippen LogP) is 1.46. The lowest BCUT2D eigenvalue weighted by Gasteiger charge is -2.24. The van der Waals surface area contributed by atoms with Crippen LogP contribution in [0.5, 0.6) is 0 Å². The van der Waals surface area contributed by atoms with Crippen LogP contribution in [0.1, 0.15) is 37.3 Å². The van der Waals surface area contributed by atoms with E-state index in [1.807, 2.05) is 6.07 Å². The van der Waals surface area contributed by atoms with Gasteiger partial charge in [0.2, 0.25) is 0 Å². The molecule has 0 radical (unpaired) electrons. The zero-order chi connectivity index (χ0) is 9.10. The summed E-state index contributed by atoms with van der Waals surface area (Å²) in [7, 11) is 0. The summed E-state index contributed by atoms with van der Waals surface area (Å²) in [5, 5.41) is 8.03. The predicted molar refractivity (Wildman–Crippen MR) is 51.2 cm³/mol. The van der Waals surface area contributed by atoms with Gasteiger partial charge in [-0.05, 0) is 37.8 Å². The van der Waals surface area contributed by atoms with Crippen LogP contribution in [0.15, 0.2) is 18.3 Å². The van der Waals surface area contributed by atoms with Crippen LogP contribution in [0.4, 0.5) is 0 Å². The van der Waals surface area contributed by atoms with Gasteiger partial charge in [-0.2, -0.15) is 10.2 Å². The Hall–Kier alpha value is -0.960. The molecule has 0 saturated heterocycles. The van der Waals surface area contributed by atoms with Crippen molar-refractivity contribution in [1.29, 1.82) is 0 Å². The molecule has 1 aromatic heterocycles. The van der Waals surface area contributed by atoms with Crippen LogP contribution in [-0.4, -0.2) is 16.2 Å². The Morgan fingerprint density at radius 1 is 1.23 bits per heavy atom. The van der Waals surface area contributed by atoms with E-state index < -0.39 is 0 Å². The van der Waals surface area contributed by atoms with E-state index in [0.717, 1.165) is 18.5 Å². The first-order valence-electron chi connectivity index (χ1n) is 4.89. The fourth-order valence-electron chi connectivity index (χ4n) is 1.95. The van der Waals surface area contributed by atoms with Gasteiger partial charge in [-0.25, -0.2) is 0 Å². The number of hydrogen-bond acceptors (Lipinski definition) is 3. The monoisotopic (exact) mass is 177 g/mol. The van der Waals surface area contributed by atoms with E-state index in [1.54, 1.807) is 6.20 Å². The van der Waals surface area contributed by atoms with Gasteiger partial charge < -0.3 is 5.73 Å². The van der Waals surface area contributed by atoms with Crippen molar-refractivity contribution in [3.63, 3.8) is 0 Å². The number of nitrogens with zero attached hydrogens (tertiary/aromatic N) is 2. The summed E-state index contributed by atoms with van der Waals surface area (Å²) in [6.07, 6.45) is 6.31. The molecular formula is C10H15N3. The van der Waals surface area contributed by atoms with Gasteiger partial charge in [0.25, 0.3) is 0 Å². The molecule has 3 heteroatoms. The maximum absolute atomic E-state index is 5.84. The van der Waals surface area contributed by atoms with E-state index >= 15 is 0 Å². The van der Waals surface area contributed by atoms with Gasteiger partial charge in [0.15, 0.2) is 0 Å². The van der Waals surface area contributed by atoms with E-state index in [4.69, 9.17) is 5.73 Å². The van der Waals surface area contributed by atoms with E-state index in [9.17, 15) is 0 Å². The third kappa shape index (κ3) is 2.04. The maximum atomic E-state index is 5.84. The van der Waals surface area contributed by atoms with Crippen LogP contribution in [0, 0.1) is 0 Å². The molecule has 0 atom stereocenters. The highest BCUT2D eigenvalue weighted by Gasteiger charge is 2.20. The molecule has 1 heterocycles. The molecule has 0 spiro atoms. The van der Waals surface area contributed by atoms with E-state index in [-0.39, 0.29) is 0 Å². The molecule has 0 aliphatic heterocycles. The Balaban J connectivity index is 2.03. The molecule has 13 heavy (non-hydrogen) atoms. The van der Waals surface area contributed by atoms with Gasteiger partial charge in [0.1, 0.15) is 0 Å². The average Bonchev–Trinajstić information content (AvgIpc) is 2.20. The molecule has 0 bridgehead atoms. The minimum absolute atomic E-state index is 0.410. The minimum atomic E-state index is 0.410. The first kappa shape index (κ1) is 8.63. The number of aromatic nitrogens is 2. The molecule has 1 aromatic rings. The summed E-state index contributed by atoms with van der Waals surface area (Å²) in [4.78, 5) is 0. The molecule has 3 nitrogen and oxygen atoms in total. The number of hydrogen-bond donors (Lipinski definition) is 1. The van der Waals surface area contributed by atoms with Crippen LogP contribution < -0.4 is 5.73 Å². The van der Waals surface area contributed by atoms with Gasteiger partial charge in [-0.1, -0.05) is 0 Å². The highest BCUT2D eigenvalue weighted by atomic mass is 15.1. The molecule has 0 unspecified atom stereocenters. The van der Waals surface area contributed by atoms with Gasteiger partial charge in [-0.3, -0.25) is 0 Å². The smallest absolute Gasteiger partial charge is 0.0662 e. The zero-order valence-electron chi connectivity index (χ0n) is 7.69. The second kappa shape index (κ2) is 3.83. The minimum Gasteiger partial charge on any atom is -0.328 e. The van der Waals surface area contributed by atoms with Crippen molar-refractivity contribution in [3.05, 3.63) is 24.0 Å². The summed E-state index contributed by atoms with van der Waals surface area (Å²) in [5.41, 5.74) is 6.97. The van der Waals surface area contributed by atoms with Gasteiger partial charge in [0.05, 0.1) is 5.69 Å². The van der Waals surface area contributed by atoms with Crippen LogP contribution in [0.2, 0.25) is 0 Å². The normalized spacial score (nSPS) is 28.7. The fraction of sp³-hybridized carbons (Fsp3) is 0.600. The molecule has 70 valence electrons. The van der Waals surface area contributed by atoms with Crippen molar-refractivity contribution in [1.82, 2.24) is 10.2 Å². The summed E-state index contributed by atoms with van der Waals surface area (Å²) >= 11 is 0.